The van der Waals surface area contributed by atoms with E-state index in [-0.39, 0.29) is 6.61 Å². The van der Waals surface area contributed by atoms with Crippen LogP contribution < -0.4 is 4.90 Å². The molecule has 0 aliphatic carbocycles. The molecule has 4 nitrogen and oxygen atoms in total. The minimum Gasteiger partial charge on any atom is -0.395 e. The molecule has 0 unspecified atom stereocenters. The van der Waals surface area contributed by atoms with Gasteiger partial charge in [0.25, 0.3) is 0 Å². The molecule has 1 fully saturated rings. The number of aryl methyl sites for hydroxylation is 1. The highest BCUT2D eigenvalue weighted by molar-refractivity contribution is 5.53. The fraction of sp³-hybridized carbons (Fsp3) is 0.533. The van der Waals surface area contributed by atoms with Crippen molar-refractivity contribution in [2.75, 3.05) is 44.2 Å². The summed E-state index contributed by atoms with van der Waals surface area (Å²) in [4.78, 5) is 4.67. The average molecular weight is 259 g/mol. The molecule has 0 aromatic heterocycles. The Balaban J connectivity index is 2.06. The van der Waals surface area contributed by atoms with Crippen LogP contribution in [0.1, 0.15) is 17.5 Å². The molecule has 0 saturated carbocycles. The molecule has 1 aromatic carbocycles. The van der Waals surface area contributed by atoms with Crippen LogP contribution in [-0.4, -0.2) is 49.3 Å². The van der Waals surface area contributed by atoms with Crippen LogP contribution in [0.4, 0.5) is 5.69 Å². The van der Waals surface area contributed by atoms with Crippen molar-refractivity contribution in [3.05, 3.63) is 29.3 Å². The minimum absolute atomic E-state index is 0.232. The number of aliphatic hydroxyl groups excluding tert-OH is 1. The number of β-amino-alcohol motifs (C(OH)–C–C–N with tert-alkyl or cyclic N) is 1. The van der Waals surface area contributed by atoms with Gasteiger partial charge in [-0.25, -0.2) is 0 Å². The lowest BCUT2D eigenvalue weighted by atomic mass is 10.1. The van der Waals surface area contributed by atoms with Gasteiger partial charge in [0.1, 0.15) is 0 Å². The van der Waals surface area contributed by atoms with Crippen molar-refractivity contribution < 1.29 is 5.11 Å². The third kappa shape index (κ3) is 3.46. The van der Waals surface area contributed by atoms with E-state index in [2.05, 4.69) is 21.9 Å². The van der Waals surface area contributed by atoms with E-state index < -0.39 is 0 Å². The van der Waals surface area contributed by atoms with Gasteiger partial charge in [0, 0.05) is 31.9 Å². The van der Waals surface area contributed by atoms with E-state index in [9.17, 15) is 0 Å². The van der Waals surface area contributed by atoms with E-state index in [1.165, 1.54) is 5.69 Å². The second-order valence-corrected chi connectivity index (χ2v) is 5.02. The quantitative estimate of drug-likeness (QED) is 0.891. The third-order valence-corrected chi connectivity index (χ3v) is 3.70. The highest BCUT2D eigenvalue weighted by Crippen LogP contribution is 2.20. The average Bonchev–Trinajstić information content (AvgIpc) is 2.65. The lowest BCUT2D eigenvalue weighted by Gasteiger charge is -2.24. The molecule has 19 heavy (non-hydrogen) atoms. The Bertz CT molecular complexity index is 467. The molecule has 1 heterocycles. The Morgan fingerprint density at radius 2 is 2.11 bits per heavy atom. The number of aliphatic hydroxyl groups is 1. The maximum absolute atomic E-state index is 9.00. The largest absolute Gasteiger partial charge is 0.395 e. The van der Waals surface area contributed by atoms with Gasteiger partial charge < -0.3 is 10.0 Å². The Labute approximate surface area is 114 Å². The van der Waals surface area contributed by atoms with Gasteiger partial charge in [-0.3, -0.25) is 4.90 Å². The summed E-state index contributed by atoms with van der Waals surface area (Å²) < 4.78 is 0. The number of rotatable bonds is 3. The van der Waals surface area contributed by atoms with Crippen molar-refractivity contribution in [3.8, 4) is 6.07 Å². The number of benzene rings is 1. The molecule has 0 atom stereocenters. The molecule has 1 aliphatic rings. The lowest BCUT2D eigenvalue weighted by molar-refractivity contribution is 0.204. The lowest BCUT2D eigenvalue weighted by Crippen LogP contribution is -2.32. The summed E-state index contributed by atoms with van der Waals surface area (Å²) in [6, 6.07) is 8.24. The van der Waals surface area contributed by atoms with Crippen LogP contribution in [0, 0.1) is 18.3 Å². The second-order valence-electron chi connectivity index (χ2n) is 5.02. The van der Waals surface area contributed by atoms with E-state index in [1.807, 2.05) is 19.1 Å². The molecule has 0 amide bonds. The first-order valence-corrected chi connectivity index (χ1v) is 6.83. The van der Waals surface area contributed by atoms with Crippen molar-refractivity contribution in [2.45, 2.75) is 13.3 Å². The van der Waals surface area contributed by atoms with Crippen LogP contribution in [0.2, 0.25) is 0 Å². The molecule has 1 aromatic rings. The number of hydrogen-bond donors (Lipinski definition) is 1. The second kappa shape index (κ2) is 6.55. The van der Waals surface area contributed by atoms with Gasteiger partial charge in [-0.2, -0.15) is 5.26 Å². The summed E-state index contributed by atoms with van der Waals surface area (Å²) in [6.07, 6.45) is 1.11. The molecule has 1 aliphatic heterocycles. The smallest absolute Gasteiger partial charge is 0.0994 e. The molecule has 1 saturated heterocycles. The van der Waals surface area contributed by atoms with Crippen molar-refractivity contribution in [2.24, 2.45) is 0 Å². The van der Waals surface area contributed by atoms with Gasteiger partial charge in [0.05, 0.1) is 18.2 Å². The summed E-state index contributed by atoms with van der Waals surface area (Å²) in [6.45, 7) is 7.03. The van der Waals surface area contributed by atoms with Gasteiger partial charge in [0.2, 0.25) is 0 Å². The molecule has 1 N–H and O–H groups in total. The molecule has 4 heteroatoms. The first-order valence-electron chi connectivity index (χ1n) is 6.83. The van der Waals surface area contributed by atoms with Crippen LogP contribution in [-0.2, 0) is 0 Å². The van der Waals surface area contributed by atoms with E-state index in [1.54, 1.807) is 0 Å². The summed E-state index contributed by atoms with van der Waals surface area (Å²) in [5, 5.41) is 18.0. The number of nitrogens with zero attached hydrogens (tertiary/aromatic N) is 3. The highest BCUT2D eigenvalue weighted by atomic mass is 16.3. The topological polar surface area (TPSA) is 50.5 Å². The predicted octanol–water partition coefficient (Wildman–Crippen LogP) is 1.37. The molecule has 0 radical (unpaired) electrons. The zero-order chi connectivity index (χ0) is 13.7. The van der Waals surface area contributed by atoms with Crippen molar-refractivity contribution >= 4 is 5.69 Å². The fourth-order valence-corrected chi connectivity index (χ4v) is 2.56. The van der Waals surface area contributed by atoms with E-state index >= 15 is 0 Å². The van der Waals surface area contributed by atoms with Crippen LogP contribution >= 0.6 is 0 Å². The summed E-state index contributed by atoms with van der Waals surface area (Å²) in [5.41, 5.74) is 2.99. The zero-order valence-corrected chi connectivity index (χ0v) is 11.5. The Morgan fingerprint density at radius 1 is 1.26 bits per heavy atom. The van der Waals surface area contributed by atoms with Crippen molar-refractivity contribution in [3.63, 3.8) is 0 Å². The molecule has 0 spiro atoms. The monoisotopic (exact) mass is 259 g/mol. The maximum atomic E-state index is 9.00. The maximum Gasteiger partial charge on any atom is 0.0994 e. The predicted molar refractivity (Wildman–Crippen MR) is 76.2 cm³/mol. The number of anilines is 1. The van der Waals surface area contributed by atoms with Crippen LogP contribution in [0.5, 0.6) is 0 Å². The van der Waals surface area contributed by atoms with Crippen LogP contribution in [0.15, 0.2) is 18.2 Å². The fourth-order valence-electron chi connectivity index (χ4n) is 2.56. The zero-order valence-electron chi connectivity index (χ0n) is 11.5. The number of hydrogen-bond acceptors (Lipinski definition) is 4. The molecule has 102 valence electrons. The Hall–Kier alpha value is -1.57. The van der Waals surface area contributed by atoms with Gasteiger partial charge in [-0.05, 0) is 43.7 Å². The SMILES string of the molecule is Cc1cc(N2CCCN(CCO)CC2)ccc1C#N. The van der Waals surface area contributed by atoms with E-state index in [0.717, 1.165) is 50.3 Å². The molecule has 2 rings (SSSR count). The van der Waals surface area contributed by atoms with Gasteiger partial charge in [0.15, 0.2) is 0 Å². The molecular formula is C15H21N3O. The first-order chi connectivity index (χ1) is 9.24. The Kier molecular flexibility index (Phi) is 4.78. The number of nitriles is 1. The molecular weight excluding hydrogens is 238 g/mol. The van der Waals surface area contributed by atoms with Crippen molar-refractivity contribution in [1.29, 1.82) is 5.26 Å². The highest BCUT2D eigenvalue weighted by Gasteiger charge is 2.15. The molecule has 0 bridgehead atoms. The standard InChI is InChI=1S/C15H21N3O/c1-13-11-15(4-3-14(13)12-16)18-6-2-5-17(7-8-18)9-10-19/h3-4,11,19H,2,5-10H2,1H3. The summed E-state index contributed by atoms with van der Waals surface area (Å²) in [5.74, 6) is 0. The van der Waals surface area contributed by atoms with Crippen molar-refractivity contribution in [1.82, 2.24) is 4.90 Å². The van der Waals surface area contributed by atoms with Gasteiger partial charge in [-0.15, -0.1) is 0 Å². The third-order valence-electron chi connectivity index (χ3n) is 3.70. The first kappa shape index (κ1) is 13.9. The van der Waals surface area contributed by atoms with E-state index in [4.69, 9.17) is 10.4 Å². The summed E-state index contributed by atoms with van der Waals surface area (Å²) in [7, 11) is 0. The van der Waals surface area contributed by atoms with Gasteiger partial charge in [-0.1, -0.05) is 0 Å². The normalized spacial score (nSPS) is 17.0. The summed E-state index contributed by atoms with van der Waals surface area (Å²) >= 11 is 0. The van der Waals surface area contributed by atoms with Crippen LogP contribution in [0.3, 0.4) is 0 Å². The van der Waals surface area contributed by atoms with Crippen LogP contribution in [0.25, 0.3) is 0 Å². The van der Waals surface area contributed by atoms with Gasteiger partial charge >= 0.3 is 0 Å². The Morgan fingerprint density at radius 3 is 2.79 bits per heavy atom. The minimum atomic E-state index is 0.232. The van der Waals surface area contributed by atoms with E-state index in [0.29, 0.717) is 0 Å².